The number of nitrogens with one attached hydrogen (secondary N) is 1. The maximum atomic E-state index is 12.2. The van der Waals surface area contributed by atoms with Crippen LogP contribution in [-0.2, 0) is 19.1 Å². The summed E-state index contributed by atoms with van der Waals surface area (Å²) in [6.07, 6.45) is 3.52. The molecule has 2 atom stereocenters. The van der Waals surface area contributed by atoms with Gasteiger partial charge in [-0.05, 0) is 33.1 Å². The van der Waals surface area contributed by atoms with E-state index in [4.69, 9.17) is 4.74 Å². The summed E-state index contributed by atoms with van der Waals surface area (Å²) in [6.45, 7) is 3.74. The van der Waals surface area contributed by atoms with Crippen LogP contribution in [0.5, 0.6) is 0 Å². The van der Waals surface area contributed by atoms with Crippen molar-refractivity contribution in [2.75, 3.05) is 6.61 Å². The molecule has 1 saturated heterocycles. The number of likely N-dealkylation sites (tertiary alicyclic amines) is 1. The monoisotopic (exact) mass is 295 g/mol. The lowest BCUT2D eigenvalue weighted by Crippen LogP contribution is -2.49. The van der Waals surface area contributed by atoms with E-state index in [1.54, 1.807) is 4.90 Å². The summed E-state index contributed by atoms with van der Waals surface area (Å²) in [5, 5.41) is 3.65. The Morgan fingerprint density at radius 2 is 1.95 bits per heavy atom. The van der Waals surface area contributed by atoms with Crippen molar-refractivity contribution in [2.45, 2.75) is 58.0 Å². The summed E-state index contributed by atoms with van der Waals surface area (Å²) in [4.78, 5) is 36.7. The zero-order chi connectivity index (χ0) is 15.4. The van der Waals surface area contributed by atoms with Crippen LogP contribution in [0, 0.1) is 0 Å². The van der Waals surface area contributed by atoms with Crippen LogP contribution < -0.4 is 5.43 Å². The van der Waals surface area contributed by atoms with Crippen LogP contribution in [0.2, 0.25) is 0 Å². The molecule has 2 rings (SSSR count). The second-order valence-electron chi connectivity index (χ2n) is 5.60. The van der Waals surface area contributed by atoms with Crippen LogP contribution >= 0.6 is 0 Å². The Bertz CT molecular complexity index is 465. The quantitative estimate of drug-likeness (QED) is 0.772. The van der Waals surface area contributed by atoms with Gasteiger partial charge < -0.3 is 9.64 Å². The van der Waals surface area contributed by atoms with Gasteiger partial charge in [0.05, 0.1) is 0 Å². The minimum Gasteiger partial charge on any atom is -0.451 e. The zero-order valence-corrected chi connectivity index (χ0v) is 12.4. The number of rotatable bonds is 3. The van der Waals surface area contributed by atoms with Crippen LogP contribution in [0.15, 0.2) is 5.10 Å². The number of ether oxygens (including phenoxy) is 1. The Balaban J connectivity index is 1.86. The third-order valence-corrected chi connectivity index (χ3v) is 3.95. The van der Waals surface area contributed by atoms with Crippen LogP contribution in [0.25, 0.3) is 0 Å². The van der Waals surface area contributed by atoms with E-state index < -0.39 is 5.97 Å². The molecule has 7 heteroatoms. The summed E-state index contributed by atoms with van der Waals surface area (Å²) < 4.78 is 5.02. The summed E-state index contributed by atoms with van der Waals surface area (Å²) in [7, 11) is 0. The Hall–Kier alpha value is -1.92. The molecule has 0 saturated carbocycles. The number of carbonyl (C=O) groups excluding carboxylic acids is 3. The van der Waals surface area contributed by atoms with E-state index in [1.165, 1.54) is 0 Å². The van der Waals surface area contributed by atoms with Gasteiger partial charge in [-0.2, -0.15) is 5.10 Å². The first-order valence-electron chi connectivity index (χ1n) is 7.32. The predicted molar refractivity (Wildman–Crippen MR) is 75.4 cm³/mol. The molecule has 2 heterocycles. The Labute approximate surface area is 123 Å². The first-order valence-corrected chi connectivity index (χ1v) is 7.32. The highest BCUT2D eigenvalue weighted by molar-refractivity contribution is 6.37. The molecule has 1 fully saturated rings. The fraction of sp³-hybridized carbons (Fsp3) is 0.714. The highest BCUT2D eigenvalue weighted by Crippen LogP contribution is 2.22. The minimum absolute atomic E-state index is 0.155. The van der Waals surface area contributed by atoms with Gasteiger partial charge >= 0.3 is 5.97 Å². The van der Waals surface area contributed by atoms with Gasteiger partial charge in [-0.25, -0.2) is 10.2 Å². The van der Waals surface area contributed by atoms with Crippen molar-refractivity contribution in [1.29, 1.82) is 0 Å². The Kier molecular flexibility index (Phi) is 4.93. The highest BCUT2D eigenvalue weighted by atomic mass is 16.5. The molecule has 1 N–H and O–H groups in total. The van der Waals surface area contributed by atoms with E-state index in [9.17, 15) is 14.4 Å². The Morgan fingerprint density at radius 3 is 2.52 bits per heavy atom. The van der Waals surface area contributed by atoms with Gasteiger partial charge in [-0.15, -0.1) is 0 Å². The maximum absolute atomic E-state index is 12.2. The van der Waals surface area contributed by atoms with Crippen LogP contribution in [0.4, 0.5) is 0 Å². The molecule has 2 amide bonds. The van der Waals surface area contributed by atoms with E-state index in [0.717, 1.165) is 19.3 Å². The number of hydrazone groups is 1. The highest BCUT2D eigenvalue weighted by Gasteiger charge is 2.30. The molecule has 116 valence electrons. The minimum atomic E-state index is -0.638. The molecule has 7 nitrogen and oxygen atoms in total. The molecule has 0 aliphatic carbocycles. The standard InChI is InChI=1S/C14H21N3O4/c1-9-4-3-5-10(2)17(9)13(19)8-21-14(20)11-6-7-12(18)16-15-11/h9-10H,3-8H2,1-2H3,(H,16,18)/t9-,10+. The van der Waals surface area contributed by atoms with Crippen LogP contribution in [0.3, 0.4) is 0 Å². The molecule has 0 aromatic heterocycles. The summed E-state index contributed by atoms with van der Waals surface area (Å²) >= 11 is 0. The van der Waals surface area contributed by atoms with Gasteiger partial charge in [0.2, 0.25) is 5.91 Å². The fourth-order valence-corrected chi connectivity index (χ4v) is 2.82. The van der Waals surface area contributed by atoms with Gasteiger partial charge in [0.25, 0.3) is 5.91 Å². The van der Waals surface area contributed by atoms with Crippen molar-refractivity contribution in [1.82, 2.24) is 10.3 Å². The first kappa shape index (κ1) is 15.5. The molecule has 0 bridgehead atoms. The normalized spacial score (nSPS) is 25.9. The van der Waals surface area contributed by atoms with Crippen LogP contribution in [0.1, 0.15) is 46.0 Å². The zero-order valence-electron chi connectivity index (χ0n) is 12.4. The first-order chi connectivity index (χ1) is 9.99. The van der Waals surface area contributed by atoms with Crippen molar-refractivity contribution in [2.24, 2.45) is 5.10 Å². The third kappa shape index (κ3) is 3.80. The molecule has 0 unspecified atom stereocenters. The van der Waals surface area contributed by atoms with E-state index in [1.807, 2.05) is 13.8 Å². The molecule has 0 radical (unpaired) electrons. The van der Waals surface area contributed by atoms with Gasteiger partial charge in [0, 0.05) is 24.9 Å². The molecular formula is C14H21N3O4. The lowest BCUT2D eigenvalue weighted by Gasteiger charge is -2.38. The summed E-state index contributed by atoms with van der Waals surface area (Å²) in [5.74, 6) is -1.04. The smallest absolute Gasteiger partial charge is 0.355 e. The largest absolute Gasteiger partial charge is 0.451 e. The van der Waals surface area contributed by atoms with Crippen LogP contribution in [-0.4, -0.2) is 47.1 Å². The average molecular weight is 295 g/mol. The van der Waals surface area contributed by atoms with Gasteiger partial charge in [0.15, 0.2) is 6.61 Å². The number of esters is 1. The number of nitrogens with zero attached hydrogens (tertiary/aromatic N) is 2. The molecule has 0 spiro atoms. The molecule has 0 aromatic carbocycles. The number of hydrogen-bond donors (Lipinski definition) is 1. The van der Waals surface area contributed by atoms with E-state index in [0.29, 0.717) is 0 Å². The van der Waals surface area contributed by atoms with Crippen molar-refractivity contribution < 1.29 is 19.1 Å². The molecule has 2 aliphatic heterocycles. The second-order valence-corrected chi connectivity index (χ2v) is 5.60. The maximum Gasteiger partial charge on any atom is 0.355 e. The molecule has 2 aliphatic rings. The molecule has 21 heavy (non-hydrogen) atoms. The number of piperidine rings is 1. The van der Waals surface area contributed by atoms with Crippen molar-refractivity contribution in [3.8, 4) is 0 Å². The van der Waals surface area contributed by atoms with E-state index >= 15 is 0 Å². The lowest BCUT2D eigenvalue weighted by atomic mass is 9.97. The van der Waals surface area contributed by atoms with Gasteiger partial charge in [-0.1, -0.05) is 0 Å². The molecule has 0 aromatic rings. The lowest BCUT2D eigenvalue weighted by molar-refractivity contribution is -0.150. The second kappa shape index (κ2) is 6.69. The van der Waals surface area contributed by atoms with Crippen molar-refractivity contribution >= 4 is 23.5 Å². The average Bonchev–Trinajstić information content (AvgIpc) is 2.45. The predicted octanol–water partition coefficient (Wildman–Crippen LogP) is 0.585. The fourth-order valence-electron chi connectivity index (χ4n) is 2.82. The third-order valence-electron chi connectivity index (χ3n) is 3.95. The Morgan fingerprint density at radius 1 is 1.29 bits per heavy atom. The summed E-state index contributed by atoms with van der Waals surface area (Å²) in [6, 6.07) is 0.345. The van der Waals surface area contributed by atoms with E-state index in [2.05, 4.69) is 10.5 Å². The van der Waals surface area contributed by atoms with E-state index in [-0.39, 0.29) is 49.1 Å². The number of carbonyl (C=O) groups is 3. The van der Waals surface area contributed by atoms with Gasteiger partial charge in [-0.3, -0.25) is 9.59 Å². The number of hydrogen-bond acceptors (Lipinski definition) is 5. The topological polar surface area (TPSA) is 88.1 Å². The molecular weight excluding hydrogens is 274 g/mol. The number of amides is 2. The SMILES string of the molecule is C[C@@H]1CCC[C@H](C)N1C(=O)COC(=O)C1=NNC(=O)CC1. The van der Waals surface area contributed by atoms with Gasteiger partial charge in [0.1, 0.15) is 5.71 Å². The summed E-state index contributed by atoms with van der Waals surface area (Å²) in [5.41, 5.74) is 2.39. The van der Waals surface area contributed by atoms with Crippen molar-refractivity contribution in [3.63, 3.8) is 0 Å². The van der Waals surface area contributed by atoms with Crippen molar-refractivity contribution in [3.05, 3.63) is 0 Å².